The molecule has 0 spiro atoms. The van der Waals surface area contributed by atoms with Crippen LogP contribution in [0, 0.1) is 0 Å². The van der Waals surface area contributed by atoms with Gasteiger partial charge < -0.3 is 19.3 Å². The number of nitrogens with zero attached hydrogens (tertiary/aromatic N) is 4. The van der Waals surface area contributed by atoms with Gasteiger partial charge in [0.05, 0.1) is 18.4 Å². The Bertz CT molecular complexity index is 849. The fourth-order valence-electron chi connectivity index (χ4n) is 2.60. The molecule has 0 aliphatic carbocycles. The smallest absolute Gasteiger partial charge is 0.269 e. The molecule has 0 saturated carbocycles. The van der Waals surface area contributed by atoms with Crippen molar-refractivity contribution < 1.29 is 14.3 Å². The summed E-state index contributed by atoms with van der Waals surface area (Å²) >= 11 is 0. The summed E-state index contributed by atoms with van der Waals surface area (Å²) in [4.78, 5) is 27.8. The maximum absolute atomic E-state index is 12.4. The average Bonchev–Trinajstić information content (AvgIpc) is 2.63. The highest BCUT2D eigenvalue weighted by Gasteiger charge is 2.24. The van der Waals surface area contributed by atoms with Crippen LogP contribution in [0.2, 0.25) is 0 Å². The van der Waals surface area contributed by atoms with Gasteiger partial charge in [-0.15, -0.1) is 0 Å². The van der Waals surface area contributed by atoms with Crippen LogP contribution in [0.3, 0.4) is 0 Å². The Kier molecular flexibility index (Phi) is 5.11. The topological polar surface area (TPSA) is 76.9 Å². The van der Waals surface area contributed by atoms with E-state index in [-0.39, 0.29) is 24.1 Å². The first-order valence-electron chi connectivity index (χ1n) is 8.31. The van der Waals surface area contributed by atoms with Crippen molar-refractivity contribution in [2.45, 2.75) is 12.6 Å². The molecule has 1 aliphatic rings. The Morgan fingerprint density at radius 3 is 2.69 bits per heavy atom. The molecule has 2 aromatic rings. The molecule has 0 N–H and O–H groups in total. The number of para-hydroxylation sites is 2. The molecule has 0 bridgehead atoms. The van der Waals surface area contributed by atoms with Gasteiger partial charge in [-0.3, -0.25) is 9.59 Å². The zero-order chi connectivity index (χ0) is 18.7. The minimum atomic E-state index is -0.316. The van der Waals surface area contributed by atoms with Crippen LogP contribution in [0.4, 0.5) is 5.69 Å². The van der Waals surface area contributed by atoms with Gasteiger partial charge in [0.1, 0.15) is 13.2 Å². The lowest BCUT2D eigenvalue weighted by molar-refractivity contribution is -0.132. The number of fused-ring (bicyclic) bond motifs is 1. The van der Waals surface area contributed by atoms with Crippen molar-refractivity contribution in [1.82, 2.24) is 14.7 Å². The van der Waals surface area contributed by atoms with Gasteiger partial charge in [-0.1, -0.05) is 12.1 Å². The number of aromatic nitrogens is 2. The van der Waals surface area contributed by atoms with Gasteiger partial charge in [-0.25, -0.2) is 4.68 Å². The summed E-state index contributed by atoms with van der Waals surface area (Å²) in [5.74, 6) is 1.15. The van der Waals surface area contributed by atoms with Crippen molar-refractivity contribution in [3.63, 3.8) is 0 Å². The van der Waals surface area contributed by atoms with Gasteiger partial charge in [0, 0.05) is 27.2 Å². The molecule has 1 unspecified atom stereocenters. The quantitative estimate of drug-likeness (QED) is 0.779. The molecule has 1 aliphatic heterocycles. The minimum Gasteiger partial charge on any atom is -0.486 e. The first-order valence-corrected chi connectivity index (χ1v) is 8.31. The Morgan fingerprint density at radius 1 is 1.27 bits per heavy atom. The predicted octanol–water partition coefficient (Wildman–Crippen LogP) is 0.608. The van der Waals surface area contributed by atoms with E-state index in [4.69, 9.17) is 9.47 Å². The fraction of sp³-hybridized carbons (Fsp3) is 0.389. The molecule has 0 radical (unpaired) electrons. The lowest BCUT2D eigenvalue weighted by atomic mass is 10.2. The number of anilines is 1. The highest BCUT2D eigenvalue weighted by molar-refractivity contribution is 5.75. The summed E-state index contributed by atoms with van der Waals surface area (Å²) in [5, 5.41) is 4.06. The Morgan fingerprint density at radius 2 is 2.00 bits per heavy atom. The maximum atomic E-state index is 12.4. The van der Waals surface area contributed by atoms with Crippen LogP contribution in [-0.2, 0) is 11.3 Å². The number of ether oxygens (including phenoxy) is 2. The average molecular weight is 358 g/mol. The second-order valence-corrected chi connectivity index (χ2v) is 6.38. The van der Waals surface area contributed by atoms with E-state index >= 15 is 0 Å². The van der Waals surface area contributed by atoms with Gasteiger partial charge in [0.15, 0.2) is 17.6 Å². The second kappa shape index (κ2) is 7.47. The zero-order valence-electron chi connectivity index (χ0n) is 15.1. The Balaban J connectivity index is 1.60. The molecule has 3 rings (SSSR count). The maximum Gasteiger partial charge on any atom is 0.269 e. The Hall–Kier alpha value is -3.03. The molecule has 8 nitrogen and oxygen atoms in total. The van der Waals surface area contributed by atoms with E-state index in [9.17, 15) is 9.59 Å². The Labute approximate surface area is 151 Å². The van der Waals surface area contributed by atoms with E-state index in [1.54, 1.807) is 18.1 Å². The van der Waals surface area contributed by atoms with Gasteiger partial charge in [0.2, 0.25) is 5.91 Å². The number of hydrogen-bond acceptors (Lipinski definition) is 6. The summed E-state index contributed by atoms with van der Waals surface area (Å²) in [7, 11) is 5.32. The summed E-state index contributed by atoms with van der Waals surface area (Å²) in [6.07, 6.45) is 1.30. The molecule has 1 atom stereocenters. The fourth-order valence-corrected chi connectivity index (χ4v) is 2.60. The first-order chi connectivity index (χ1) is 12.4. The number of carbonyl (C=O) groups excluding carboxylic acids is 1. The van der Waals surface area contributed by atoms with Gasteiger partial charge in [-0.05, 0) is 12.1 Å². The van der Waals surface area contributed by atoms with Crippen molar-refractivity contribution in [3.8, 4) is 11.5 Å². The van der Waals surface area contributed by atoms with Crippen LogP contribution in [0.5, 0.6) is 11.5 Å². The van der Waals surface area contributed by atoms with Gasteiger partial charge >= 0.3 is 0 Å². The minimum absolute atomic E-state index is 0.118. The van der Waals surface area contributed by atoms with Crippen LogP contribution in [0.15, 0.2) is 41.3 Å². The van der Waals surface area contributed by atoms with Gasteiger partial charge in [0.25, 0.3) is 5.56 Å². The van der Waals surface area contributed by atoms with E-state index < -0.39 is 0 Å². The third kappa shape index (κ3) is 3.96. The predicted molar refractivity (Wildman–Crippen MR) is 96.8 cm³/mol. The third-order valence-corrected chi connectivity index (χ3v) is 4.13. The van der Waals surface area contributed by atoms with Crippen LogP contribution in [0.25, 0.3) is 0 Å². The molecular weight excluding hydrogens is 336 g/mol. The van der Waals surface area contributed by atoms with Crippen molar-refractivity contribution in [3.05, 3.63) is 46.9 Å². The molecule has 0 saturated heterocycles. The summed E-state index contributed by atoms with van der Waals surface area (Å²) in [6.45, 7) is 0.606. The zero-order valence-corrected chi connectivity index (χ0v) is 15.1. The molecule has 0 fully saturated rings. The molecule has 26 heavy (non-hydrogen) atoms. The van der Waals surface area contributed by atoms with Crippen molar-refractivity contribution >= 4 is 11.6 Å². The molecule has 1 aromatic heterocycles. The SMILES string of the molecule is CN(CC1COc2ccccc2O1)C(=O)Cn1ncc(N(C)C)cc1=O. The lowest BCUT2D eigenvalue weighted by Crippen LogP contribution is -2.43. The van der Waals surface area contributed by atoms with Crippen LogP contribution in [-0.4, -0.2) is 61.0 Å². The van der Waals surface area contributed by atoms with Crippen molar-refractivity contribution in [1.29, 1.82) is 0 Å². The second-order valence-electron chi connectivity index (χ2n) is 6.38. The molecule has 8 heteroatoms. The monoisotopic (exact) mass is 358 g/mol. The third-order valence-electron chi connectivity index (χ3n) is 4.13. The number of rotatable bonds is 5. The standard InChI is InChI=1S/C18H22N4O4/c1-20(2)13-8-17(23)22(19-9-13)11-18(24)21(3)10-14-12-25-15-6-4-5-7-16(15)26-14/h4-9,14H,10-12H2,1-3H3. The molecular formula is C18H22N4O4. The van der Waals surface area contributed by atoms with Crippen LogP contribution in [0.1, 0.15) is 0 Å². The summed E-state index contributed by atoms with van der Waals surface area (Å²) in [6, 6.07) is 8.88. The summed E-state index contributed by atoms with van der Waals surface area (Å²) < 4.78 is 12.7. The summed E-state index contributed by atoms with van der Waals surface area (Å²) in [5.41, 5.74) is 0.377. The van der Waals surface area contributed by atoms with E-state index in [1.807, 2.05) is 38.4 Å². The van der Waals surface area contributed by atoms with E-state index in [0.717, 1.165) is 4.68 Å². The van der Waals surface area contributed by atoms with Gasteiger partial charge in [-0.2, -0.15) is 5.10 Å². The molecule has 138 valence electrons. The van der Waals surface area contributed by atoms with Crippen molar-refractivity contribution in [2.24, 2.45) is 0 Å². The highest BCUT2D eigenvalue weighted by atomic mass is 16.6. The van der Waals surface area contributed by atoms with Crippen LogP contribution < -0.4 is 19.9 Å². The number of likely N-dealkylation sites (N-methyl/N-ethyl adjacent to an activating group) is 1. The van der Waals surface area contributed by atoms with Crippen LogP contribution >= 0.6 is 0 Å². The largest absolute Gasteiger partial charge is 0.486 e. The number of benzene rings is 1. The van der Waals surface area contributed by atoms with Crippen molar-refractivity contribution in [2.75, 3.05) is 39.2 Å². The van der Waals surface area contributed by atoms with E-state index in [0.29, 0.717) is 30.3 Å². The molecule has 1 amide bonds. The number of carbonyl (C=O) groups is 1. The number of hydrogen-bond donors (Lipinski definition) is 0. The first kappa shape index (κ1) is 17.8. The lowest BCUT2D eigenvalue weighted by Gasteiger charge is -2.29. The normalized spacial score (nSPS) is 15.4. The highest BCUT2D eigenvalue weighted by Crippen LogP contribution is 2.30. The molecule has 2 heterocycles. The van der Waals surface area contributed by atoms with E-state index in [1.165, 1.54) is 11.0 Å². The van der Waals surface area contributed by atoms with E-state index in [2.05, 4.69) is 5.10 Å². The molecule has 1 aromatic carbocycles. The number of amides is 1.